The van der Waals surface area contributed by atoms with Crippen LogP contribution in [0, 0.1) is 11.3 Å². The topological polar surface area (TPSA) is 79.7 Å². The van der Waals surface area contributed by atoms with E-state index in [4.69, 9.17) is 11.0 Å². The highest BCUT2D eigenvalue weighted by Crippen LogP contribution is 2.26. The predicted octanol–water partition coefficient (Wildman–Crippen LogP) is 1.52. The summed E-state index contributed by atoms with van der Waals surface area (Å²) in [7, 11) is 0. The van der Waals surface area contributed by atoms with Crippen molar-refractivity contribution in [2.75, 3.05) is 17.6 Å². The van der Waals surface area contributed by atoms with Crippen molar-refractivity contribution >= 4 is 11.6 Å². The van der Waals surface area contributed by atoms with Crippen molar-refractivity contribution in [3.8, 4) is 6.07 Å². The molecule has 0 fully saturated rings. The van der Waals surface area contributed by atoms with Crippen molar-refractivity contribution in [3.63, 3.8) is 0 Å². The van der Waals surface area contributed by atoms with Gasteiger partial charge in [0.2, 0.25) is 0 Å². The number of nitriles is 1. The third-order valence-corrected chi connectivity index (χ3v) is 2.01. The first kappa shape index (κ1) is 11.4. The van der Waals surface area contributed by atoms with Crippen LogP contribution in [0.4, 0.5) is 11.6 Å². The second kappa shape index (κ2) is 3.81. The van der Waals surface area contributed by atoms with Crippen LogP contribution in [0.2, 0.25) is 0 Å². The van der Waals surface area contributed by atoms with E-state index in [9.17, 15) is 0 Å². The number of hydrogen-bond donors (Lipinski definition) is 2. The van der Waals surface area contributed by atoms with E-state index < -0.39 is 0 Å². The van der Waals surface area contributed by atoms with Crippen LogP contribution in [0.15, 0.2) is 0 Å². The minimum atomic E-state index is -0.219. The minimum absolute atomic E-state index is 0.219. The number of nitrogen functional groups attached to an aromatic ring is 1. The Bertz CT molecular complexity index is 391. The third kappa shape index (κ3) is 2.04. The summed E-state index contributed by atoms with van der Waals surface area (Å²) in [4.78, 5) is 0. The standard InChI is InChI=1S/C10H17N5/c1-5-13-9-7(6-11)8(12)15(14-9)10(2,3)4/h5,12H2,1-4H3,(H,13,14). The molecule has 1 rings (SSSR count). The number of hydrogen-bond acceptors (Lipinski definition) is 4. The summed E-state index contributed by atoms with van der Waals surface area (Å²) < 4.78 is 1.67. The maximum Gasteiger partial charge on any atom is 0.168 e. The number of nitrogens with one attached hydrogen (secondary N) is 1. The Labute approximate surface area is 89.9 Å². The third-order valence-electron chi connectivity index (χ3n) is 2.01. The zero-order valence-electron chi connectivity index (χ0n) is 9.63. The lowest BCUT2D eigenvalue weighted by molar-refractivity contribution is 0.362. The van der Waals surface area contributed by atoms with E-state index in [0.29, 0.717) is 17.2 Å². The molecule has 5 nitrogen and oxygen atoms in total. The van der Waals surface area contributed by atoms with Gasteiger partial charge in [0.1, 0.15) is 17.5 Å². The average Bonchev–Trinajstić information content (AvgIpc) is 2.42. The molecule has 0 aliphatic carbocycles. The van der Waals surface area contributed by atoms with Gasteiger partial charge in [-0.1, -0.05) is 0 Å². The van der Waals surface area contributed by atoms with Crippen molar-refractivity contribution in [2.45, 2.75) is 33.2 Å². The second-order valence-corrected chi connectivity index (χ2v) is 4.33. The largest absolute Gasteiger partial charge is 0.383 e. The highest BCUT2D eigenvalue weighted by Gasteiger charge is 2.22. The first-order valence-corrected chi connectivity index (χ1v) is 4.94. The Morgan fingerprint density at radius 3 is 2.53 bits per heavy atom. The summed E-state index contributed by atoms with van der Waals surface area (Å²) in [6, 6.07) is 2.07. The van der Waals surface area contributed by atoms with E-state index in [1.165, 1.54) is 0 Å². The Morgan fingerprint density at radius 1 is 1.53 bits per heavy atom. The Balaban J connectivity index is 3.29. The van der Waals surface area contributed by atoms with Gasteiger partial charge in [0, 0.05) is 6.54 Å². The molecule has 0 unspecified atom stereocenters. The van der Waals surface area contributed by atoms with E-state index in [1.807, 2.05) is 27.7 Å². The first-order valence-electron chi connectivity index (χ1n) is 4.94. The smallest absolute Gasteiger partial charge is 0.168 e. The quantitative estimate of drug-likeness (QED) is 0.770. The molecule has 5 heteroatoms. The Kier molecular flexibility index (Phi) is 2.89. The fourth-order valence-corrected chi connectivity index (χ4v) is 1.34. The van der Waals surface area contributed by atoms with Gasteiger partial charge in [-0.25, -0.2) is 4.68 Å². The van der Waals surface area contributed by atoms with Crippen LogP contribution in [0.3, 0.4) is 0 Å². The summed E-state index contributed by atoms with van der Waals surface area (Å²) in [5, 5.41) is 16.3. The molecule has 82 valence electrons. The van der Waals surface area contributed by atoms with Crippen LogP contribution in [-0.4, -0.2) is 16.3 Å². The van der Waals surface area contributed by atoms with Crippen molar-refractivity contribution in [1.82, 2.24) is 9.78 Å². The van der Waals surface area contributed by atoms with E-state index in [-0.39, 0.29) is 5.54 Å². The molecular formula is C10H17N5. The van der Waals surface area contributed by atoms with Gasteiger partial charge >= 0.3 is 0 Å². The van der Waals surface area contributed by atoms with Crippen LogP contribution in [-0.2, 0) is 5.54 Å². The molecule has 15 heavy (non-hydrogen) atoms. The van der Waals surface area contributed by atoms with Gasteiger partial charge in [0.15, 0.2) is 5.82 Å². The molecule has 1 aromatic heterocycles. The van der Waals surface area contributed by atoms with E-state index in [2.05, 4.69) is 16.5 Å². The molecule has 3 N–H and O–H groups in total. The van der Waals surface area contributed by atoms with Crippen LogP contribution in [0.1, 0.15) is 33.3 Å². The number of nitrogens with zero attached hydrogens (tertiary/aromatic N) is 3. The summed E-state index contributed by atoms with van der Waals surface area (Å²) in [5.74, 6) is 0.980. The normalized spacial score (nSPS) is 11.1. The highest BCUT2D eigenvalue weighted by molar-refractivity contribution is 5.64. The lowest BCUT2D eigenvalue weighted by atomic mass is 10.1. The average molecular weight is 207 g/mol. The lowest BCUT2D eigenvalue weighted by Crippen LogP contribution is -2.25. The van der Waals surface area contributed by atoms with Crippen LogP contribution >= 0.6 is 0 Å². The van der Waals surface area contributed by atoms with Crippen LogP contribution < -0.4 is 11.1 Å². The van der Waals surface area contributed by atoms with Gasteiger partial charge in [-0.3, -0.25) is 0 Å². The molecule has 0 aliphatic heterocycles. The molecule has 0 aliphatic rings. The molecule has 1 heterocycles. The Hall–Kier alpha value is -1.70. The minimum Gasteiger partial charge on any atom is -0.383 e. The van der Waals surface area contributed by atoms with Gasteiger partial charge in [0.25, 0.3) is 0 Å². The highest BCUT2D eigenvalue weighted by atomic mass is 15.4. The van der Waals surface area contributed by atoms with Crippen molar-refractivity contribution in [3.05, 3.63) is 5.56 Å². The number of rotatable bonds is 2. The van der Waals surface area contributed by atoms with Gasteiger partial charge in [0.05, 0.1) is 5.54 Å². The molecule has 0 aromatic carbocycles. The summed E-state index contributed by atoms with van der Waals surface area (Å²) in [5.41, 5.74) is 6.07. The molecule has 0 amide bonds. The zero-order valence-corrected chi connectivity index (χ0v) is 9.63. The number of nitrogens with two attached hydrogens (primary N) is 1. The maximum absolute atomic E-state index is 8.98. The second-order valence-electron chi connectivity index (χ2n) is 4.33. The van der Waals surface area contributed by atoms with Crippen LogP contribution in [0.5, 0.6) is 0 Å². The first-order chi connectivity index (χ1) is 6.91. The van der Waals surface area contributed by atoms with E-state index in [0.717, 1.165) is 6.54 Å². The maximum atomic E-state index is 8.98. The van der Waals surface area contributed by atoms with E-state index >= 15 is 0 Å². The summed E-state index contributed by atoms with van der Waals surface area (Å²) in [6.45, 7) is 8.65. The molecule has 0 spiro atoms. The monoisotopic (exact) mass is 207 g/mol. The van der Waals surface area contributed by atoms with Gasteiger partial charge in [-0.15, -0.1) is 0 Å². The molecule has 0 saturated carbocycles. The van der Waals surface area contributed by atoms with Gasteiger partial charge < -0.3 is 11.1 Å². The molecule has 0 saturated heterocycles. The number of anilines is 2. The van der Waals surface area contributed by atoms with E-state index in [1.54, 1.807) is 4.68 Å². The molecule has 1 aromatic rings. The van der Waals surface area contributed by atoms with Crippen molar-refractivity contribution < 1.29 is 0 Å². The molecule has 0 radical (unpaired) electrons. The van der Waals surface area contributed by atoms with Crippen LogP contribution in [0.25, 0.3) is 0 Å². The fourth-order valence-electron chi connectivity index (χ4n) is 1.34. The summed E-state index contributed by atoms with van der Waals surface area (Å²) >= 11 is 0. The Morgan fingerprint density at radius 2 is 2.13 bits per heavy atom. The van der Waals surface area contributed by atoms with Gasteiger partial charge in [-0.05, 0) is 27.7 Å². The lowest BCUT2D eigenvalue weighted by Gasteiger charge is -2.20. The number of aromatic nitrogens is 2. The SMILES string of the molecule is CCNc1nn(C(C)(C)C)c(N)c1C#N. The fraction of sp³-hybridized carbons (Fsp3) is 0.600. The predicted molar refractivity (Wildman–Crippen MR) is 60.5 cm³/mol. The van der Waals surface area contributed by atoms with Gasteiger partial charge in [-0.2, -0.15) is 10.4 Å². The molecule has 0 atom stereocenters. The summed E-state index contributed by atoms with van der Waals surface area (Å²) in [6.07, 6.45) is 0. The van der Waals surface area contributed by atoms with Crippen molar-refractivity contribution in [1.29, 1.82) is 5.26 Å². The zero-order chi connectivity index (χ0) is 11.6. The molecule has 0 bridgehead atoms. The van der Waals surface area contributed by atoms with Crippen molar-refractivity contribution in [2.24, 2.45) is 0 Å². The molecular weight excluding hydrogens is 190 g/mol.